The van der Waals surface area contributed by atoms with E-state index >= 15 is 0 Å². The molecule has 0 aliphatic carbocycles. The van der Waals surface area contributed by atoms with Gasteiger partial charge in [-0.15, -0.1) is 0 Å². The molecule has 0 saturated heterocycles. The molecule has 6 nitrogen and oxygen atoms in total. The third-order valence-electron chi connectivity index (χ3n) is 4.08. The third kappa shape index (κ3) is 5.56. The summed E-state index contributed by atoms with van der Waals surface area (Å²) < 4.78 is 5.21. The first kappa shape index (κ1) is 20.5. The van der Waals surface area contributed by atoms with Crippen LogP contribution in [0.3, 0.4) is 0 Å². The summed E-state index contributed by atoms with van der Waals surface area (Å²) in [5, 5.41) is 10.8. The lowest BCUT2D eigenvalue weighted by atomic mass is 10.0. The first-order chi connectivity index (χ1) is 12.7. The van der Waals surface area contributed by atoms with Crippen LogP contribution in [0.5, 0.6) is 0 Å². The molecule has 0 atom stereocenters. The van der Waals surface area contributed by atoms with E-state index in [1.165, 1.54) is 0 Å². The van der Waals surface area contributed by atoms with Gasteiger partial charge in [0, 0.05) is 5.56 Å². The summed E-state index contributed by atoms with van der Waals surface area (Å²) >= 11 is 0. The van der Waals surface area contributed by atoms with E-state index in [1.807, 2.05) is 50.2 Å². The second-order valence-electron chi connectivity index (χ2n) is 7.16. The topological polar surface area (TPSA) is 78.9 Å². The van der Waals surface area contributed by atoms with Gasteiger partial charge in [0.2, 0.25) is 0 Å². The van der Waals surface area contributed by atoms with Crippen LogP contribution in [0, 0.1) is 13.8 Å². The Morgan fingerprint density at radius 1 is 1.07 bits per heavy atom. The number of aryl methyl sites for hydroxylation is 2. The van der Waals surface area contributed by atoms with Crippen LogP contribution in [0.1, 0.15) is 40.9 Å². The minimum absolute atomic E-state index is 0.0812. The van der Waals surface area contributed by atoms with E-state index in [4.69, 9.17) is 4.74 Å². The summed E-state index contributed by atoms with van der Waals surface area (Å²) in [5.74, 6) is -0.419. The van der Waals surface area contributed by atoms with Gasteiger partial charge in [-0.05, 0) is 45.4 Å². The Labute approximate surface area is 159 Å². The predicted molar refractivity (Wildman–Crippen MR) is 103 cm³/mol. The van der Waals surface area contributed by atoms with Crippen molar-refractivity contribution in [3.8, 4) is 0 Å². The Balaban J connectivity index is 2.16. The van der Waals surface area contributed by atoms with Crippen LogP contribution < -0.4 is 5.43 Å². The molecule has 2 aromatic rings. The second-order valence-corrected chi connectivity index (χ2v) is 7.16. The van der Waals surface area contributed by atoms with Crippen molar-refractivity contribution in [3.05, 3.63) is 70.8 Å². The molecule has 0 heterocycles. The highest BCUT2D eigenvalue weighted by Gasteiger charge is 2.33. The van der Waals surface area contributed by atoms with E-state index in [0.717, 1.165) is 21.7 Å². The van der Waals surface area contributed by atoms with Crippen LogP contribution >= 0.6 is 0 Å². The standard InChI is InChI=1S/C21H26N2O4/c1-15-10-16(2)12-18(11-15)19(25)23(21(3,4)14-24)22-20(26)27-13-17-8-6-5-7-9-17/h5-12,24H,13-14H2,1-4H3,(H,22,26). The molecule has 6 heteroatoms. The summed E-state index contributed by atoms with van der Waals surface area (Å²) in [5.41, 5.74) is 4.60. The van der Waals surface area contributed by atoms with Crippen molar-refractivity contribution in [2.24, 2.45) is 0 Å². The fourth-order valence-electron chi connectivity index (χ4n) is 2.62. The van der Waals surface area contributed by atoms with Crippen molar-refractivity contribution in [1.29, 1.82) is 0 Å². The average molecular weight is 370 g/mol. The predicted octanol–water partition coefficient (Wildman–Crippen LogP) is 3.36. The van der Waals surface area contributed by atoms with Gasteiger partial charge in [-0.1, -0.05) is 47.5 Å². The number of ether oxygens (including phenoxy) is 1. The molecule has 0 aromatic heterocycles. The van der Waals surface area contributed by atoms with Gasteiger partial charge in [0.05, 0.1) is 12.1 Å². The fourth-order valence-corrected chi connectivity index (χ4v) is 2.62. The molecule has 0 fully saturated rings. The lowest BCUT2D eigenvalue weighted by Gasteiger charge is -2.36. The monoisotopic (exact) mass is 370 g/mol. The third-order valence-corrected chi connectivity index (χ3v) is 4.08. The van der Waals surface area contributed by atoms with Crippen LogP contribution in [-0.2, 0) is 11.3 Å². The maximum atomic E-state index is 13.0. The molecule has 0 unspecified atom stereocenters. The van der Waals surface area contributed by atoms with Crippen molar-refractivity contribution in [1.82, 2.24) is 10.4 Å². The molecule has 0 aliphatic rings. The minimum atomic E-state index is -1.01. The van der Waals surface area contributed by atoms with Crippen molar-refractivity contribution < 1.29 is 19.4 Å². The number of nitrogens with one attached hydrogen (secondary N) is 1. The zero-order chi connectivity index (χ0) is 20.0. The Morgan fingerprint density at radius 2 is 1.67 bits per heavy atom. The second kappa shape index (κ2) is 8.68. The number of amides is 2. The number of aliphatic hydroxyl groups excluding tert-OH is 1. The van der Waals surface area contributed by atoms with Gasteiger partial charge in [0.25, 0.3) is 5.91 Å². The van der Waals surface area contributed by atoms with E-state index in [9.17, 15) is 14.7 Å². The number of hydrogen-bond donors (Lipinski definition) is 2. The Hall–Kier alpha value is -2.86. The molecule has 0 bridgehead atoms. The lowest BCUT2D eigenvalue weighted by Crippen LogP contribution is -2.59. The van der Waals surface area contributed by atoms with Gasteiger partial charge in [-0.3, -0.25) is 4.79 Å². The summed E-state index contributed by atoms with van der Waals surface area (Å²) in [6, 6.07) is 14.7. The molecule has 0 spiro atoms. The molecule has 2 amide bonds. The number of aliphatic hydroxyl groups is 1. The zero-order valence-corrected chi connectivity index (χ0v) is 16.2. The quantitative estimate of drug-likeness (QED) is 0.791. The van der Waals surface area contributed by atoms with Crippen LogP contribution in [0.2, 0.25) is 0 Å². The Kier molecular flexibility index (Phi) is 6.58. The Morgan fingerprint density at radius 3 is 2.22 bits per heavy atom. The van der Waals surface area contributed by atoms with Crippen molar-refractivity contribution in [2.75, 3.05) is 6.61 Å². The summed E-state index contributed by atoms with van der Waals surface area (Å²) in [6.07, 6.45) is -0.766. The zero-order valence-electron chi connectivity index (χ0n) is 16.2. The molecule has 0 radical (unpaired) electrons. The minimum Gasteiger partial charge on any atom is -0.443 e. The molecule has 2 rings (SSSR count). The van der Waals surface area contributed by atoms with Crippen molar-refractivity contribution in [2.45, 2.75) is 39.8 Å². The summed E-state index contributed by atoms with van der Waals surface area (Å²) in [4.78, 5) is 25.3. The van der Waals surface area contributed by atoms with E-state index in [1.54, 1.807) is 26.0 Å². The van der Waals surface area contributed by atoms with Crippen molar-refractivity contribution >= 4 is 12.0 Å². The molecule has 144 valence electrons. The number of nitrogens with zero attached hydrogens (tertiary/aromatic N) is 1. The van der Waals surface area contributed by atoms with Crippen LogP contribution in [-0.4, -0.2) is 34.3 Å². The van der Waals surface area contributed by atoms with E-state index in [2.05, 4.69) is 5.43 Å². The van der Waals surface area contributed by atoms with E-state index in [0.29, 0.717) is 5.56 Å². The molecular formula is C21H26N2O4. The normalized spacial score (nSPS) is 11.0. The van der Waals surface area contributed by atoms with Crippen LogP contribution in [0.25, 0.3) is 0 Å². The number of hydrogen-bond acceptors (Lipinski definition) is 4. The summed E-state index contributed by atoms with van der Waals surface area (Å²) in [7, 11) is 0. The molecule has 27 heavy (non-hydrogen) atoms. The Bertz CT molecular complexity index is 783. The first-order valence-electron chi connectivity index (χ1n) is 8.74. The molecule has 2 aromatic carbocycles. The van der Waals surface area contributed by atoms with Crippen LogP contribution in [0.4, 0.5) is 4.79 Å². The van der Waals surface area contributed by atoms with Crippen LogP contribution in [0.15, 0.2) is 48.5 Å². The van der Waals surface area contributed by atoms with Gasteiger partial charge < -0.3 is 9.84 Å². The highest BCUT2D eigenvalue weighted by Crippen LogP contribution is 2.18. The number of carbonyl (C=O) groups excluding carboxylic acids is 2. The number of hydrazine groups is 1. The maximum absolute atomic E-state index is 13.0. The molecule has 0 saturated carbocycles. The fraction of sp³-hybridized carbons (Fsp3) is 0.333. The van der Waals surface area contributed by atoms with E-state index < -0.39 is 17.5 Å². The molecule has 2 N–H and O–H groups in total. The number of benzene rings is 2. The van der Waals surface area contributed by atoms with Gasteiger partial charge in [-0.25, -0.2) is 15.2 Å². The smallest absolute Gasteiger partial charge is 0.426 e. The van der Waals surface area contributed by atoms with Gasteiger partial charge in [-0.2, -0.15) is 0 Å². The van der Waals surface area contributed by atoms with Crippen molar-refractivity contribution in [3.63, 3.8) is 0 Å². The highest BCUT2D eigenvalue weighted by molar-refractivity contribution is 5.95. The highest BCUT2D eigenvalue weighted by atomic mass is 16.6. The van der Waals surface area contributed by atoms with Gasteiger partial charge in [0.15, 0.2) is 0 Å². The molecular weight excluding hydrogens is 344 g/mol. The number of carbonyl (C=O) groups is 2. The first-order valence-corrected chi connectivity index (χ1v) is 8.74. The number of rotatable bonds is 5. The van der Waals surface area contributed by atoms with Gasteiger partial charge >= 0.3 is 6.09 Å². The average Bonchev–Trinajstić information content (AvgIpc) is 2.64. The molecule has 0 aliphatic heterocycles. The SMILES string of the molecule is Cc1cc(C)cc(C(=O)N(NC(=O)OCc2ccccc2)C(C)(C)CO)c1. The van der Waals surface area contributed by atoms with E-state index in [-0.39, 0.29) is 13.2 Å². The van der Waals surface area contributed by atoms with Gasteiger partial charge in [0.1, 0.15) is 6.61 Å². The summed E-state index contributed by atoms with van der Waals surface area (Å²) in [6.45, 7) is 6.86. The lowest BCUT2D eigenvalue weighted by molar-refractivity contribution is 0.0111. The maximum Gasteiger partial charge on any atom is 0.426 e. The largest absolute Gasteiger partial charge is 0.443 e.